The van der Waals surface area contributed by atoms with Crippen LogP contribution in [0.25, 0.3) is 0 Å². The maximum atomic E-state index is 13.3. The lowest BCUT2D eigenvalue weighted by Gasteiger charge is -2.46. The number of alkyl halides is 3. The van der Waals surface area contributed by atoms with E-state index < -0.39 is 12.1 Å². The lowest BCUT2D eigenvalue weighted by Crippen LogP contribution is -2.56. The summed E-state index contributed by atoms with van der Waals surface area (Å²) in [4.78, 5) is 41.8. The number of nitrogens with zero attached hydrogens (tertiary/aromatic N) is 3. The van der Waals surface area contributed by atoms with Crippen LogP contribution in [0.15, 0.2) is 18.2 Å². The number of aryl methyl sites for hydroxylation is 2. The van der Waals surface area contributed by atoms with Crippen LogP contribution in [0.5, 0.6) is 0 Å². The fourth-order valence-electron chi connectivity index (χ4n) is 6.67. The first-order valence-corrected chi connectivity index (χ1v) is 16.0. The number of halogens is 3. The largest absolute Gasteiger partial charge is 0.490 e. The molecule has 12 heteroatoms. The van der Waals surface area contributed by atoms with Crippen molar-refractivity contribution in [2.45, 2.75) is 116 Å². The fourth-order valence-corrected chi connectivity index (χ4v) is 6.67. The Morgan fingerprint density at radius 3 is 2.09 bits per heavy atom. The van der Waals surface area contributed by atoms with Crippen molar-refractivity contribution >= 4 is 18.0 Å². The average Bonchev–Trinajstić information content (AvgIpc) is 3.20. The molecule has 0 aromatic heterocycles. The minimum atomic E-state index is -5.08. The van der Waals surface area contributed by atoms with E-state index in [1.807, 2.05) is 62.6 Å². The molecule has 3 heterocycles. The Kier molecular flexibility index (Phi) is 12.3. The molecule has 3 aliphatic rings. The third-order valence-electron chi connectivity index (χ3n) is 9.06. The molecule has 9 nitrogen and oxygen atoms in total. The Morgan fingerprint density at radius 1 is 1.04 bits per heavy atom. The van der Waals surface area contributed by atoms with Crippen LogP contribution in [0, 0.1) is 13.8 Å². The second-order valence-corrected chi connectivity index (χ2v) is 13.4. The van der Waals surface area contributed by atoms with Crippen LogP contribution in [0.4, 0.5) is 18.0 Å². The number of piperidine rings is 2. The zero-order valence-electron chi connectivity index (χ0n) is 27.5. The van der Waals surface area contributed by atoms with Crippen molar-refractivity contribution in [3.63, 3.8) is 0 Å². The van der Waals surface area contributed by atoms with Crippen LogP contribution in [-0.2, 0) is 14.3 Å². The third-order valence-corrected chi connectivity index (χ3v) is 9.06. The molecule has 1 N–H and O–H groups in total. The summed E-state index contributed by atoms with van der Waals surface area (Å²) in [5.41, 5.74) is 2.38. The minimum Gasteiger partial charge on any atom is -0.475 e. The molecule has 1 aromatic carbocycles. The van der Waals surface area contributed by atoms with Gasteiger partial charge in [0, 0.05) is 57.2 Å². The van der Waals surface area contributed by atoms with Gasteiger partial charge in [0.1, 0.15) is 5.60 Å². The number of carboxylic acids is 1. The SMILES string of the molecule is CCCCC1N(CCOC(C)(C)C)C(=O)OC12CCN(C1CCN(C(=O)c3c(C)cccc3C)CC1)CC2.O=C(O)C(F)(F)F. The van der Waals surface area contributed by atoms with Gasteiger partial charge in [-0.15, -0.1) is 0 Å². The van der Waals surface area contributed by atoms with Gasteiger partial charge in [0.2, 0.25) is 0 Å². The monoisotopic (exact) mass is 641 g/mol. The smallest absolute Gasteiger partial charge is 0.475 e. The Morgan fingerprint density at radius 2 is 1.60 bits per heavy atom. The number of benzene rings is 1. The predicted molar refractivity (Wildman–Crippen MR) is 164 cm³/mol. The van der Waals surface area contributed by atoms with E-state index in [1.54, 1.807) is 0 Å². The van der Waals surface area contributed by atoms with Crippen molar-refractivity contribution in [2.75, 3.05) is 39.3 Å². The third kappa shape index (κ3) is 9.57. The molecule has 1 unspecified atom stereocenters. The van der Waals surface area contributed by atoms with Gasteiger partial charge in [-0.05, 0) is 65.0 Å². The molecule has 0 radical (unpaired) electrons. The van der Waals surface area contributed by atoms with Crippen LogP contribution in [0.2, 0.25) is 0 Å². The molecule has 0 saturated carbocycles. The van der Waals surface area contributed by atoms with Gasteiger partial charge >= 0.3 is 18.2 Å². The molecule has 0 bridgehead atoms. The van der Waals surface area contributed by atoms with Gasteiger partial charge in [-0.1, -0.05) is 38.0 Å². The van der Waals surface area contributed by atoms with E-state index in [-0.39, 0.29) is 29.2 Å². The van der Waals surface area contributed by atoms with Gasteiger partial charge < -0.3 is 19.5 Å². The Hall–Kier alpha value is -2.86. The second kappa shape index (κ2) is 15.2. The van der Waals surface area contributed by atoms with Crippen molar-refractivity contribution in [3.05, 3.63) is 34.9 Å². The predicted octanol–water partition coefficient (Wildman–Crippen LogP) is 6.20. The van der Waals surface area contributed by atoms with E-state index in [9.17, 15) is 22.8 Å². The molecule has 1 spiro atoms. The summed E-state index contributed by atoms with van der Waals surface area (Å²) in [6.45, 7) is 17.0. The number of hydrogen-bond acceptors (Lipinski definition) is 6. The number of carboxylic acid groups (broad SMARTS) is 1. The Labute approximate surface area is 265 Å². The molecule has 0 aliphatic carbocycles. The summed E-state index contributed by atoms with van der Waals surface area (Å²) in [5.74, 6) is -2.59. The van der Waals surface area contributed by atoms with E-state index in [0.29, 0.717) is 19.2 Å². The Bertz CT molecular complexity index is 1150. The fraction of sp³-hybridized carbons (Fsp3) is 0.727. The molecule has 254 valence electrons. The molecule has 4 rings (SSSR count). The topological polar surface area (TPSA) is 99.6 Å². The minimum absolute atomic E-state index is 0.123. The molecule has 3 aliphatic heterocycles. The first-order chi connectivity index (χ1) is 21.0. The summed E-state index contributed by atoms with van der Waals surface area (Å²) in [6, 6.07) is 6.68. The number of ether oxygens (including phenoxy) is 2. The first-order valence-electron chi connectivity index (χ1n) is 16.0. The Balaban J connectivity index is 0.000000707. The second-order valence-electron chi connectivity index (χ2n) is 13.4. The lowest BCUT2D eigenvalue weighted by atomic mass is 9.81. The molecule has 3 fully saturated rings. The molecular weight excluding hydrogens is 591 g/mol. The van der Waals surface area contributed by atoms with Gasteiger partial charge in [-0.25, -0.2) is 9.59 Å². The van der Waals surface area contributed by atoms with E-state index >= 15 is 0 Å². The van der Waals surface area contributed by atoms with Crippen LogP contribution in [-0.4, -0.2) is 107 Å². The van der Waals surface area contributed by atoms with E-state index in [0.717, 1.165) is 87.8 Å². The highest BCUT2D eigenvalue weighted by molar-refractivity contribution is 5.97. The molecular formula is C33H50F3N3O6. The number of hydrogen-bond donors (Lipinski definition) is 1. The molecule has 1 aromatic rings. The summed E-state index contributed by atoms with van der Waals surface area (Å²) in [6.07, 6.45) is 1.69. The van der Waals surface area contributed by atoms with Gasteiger partial charge in [0.25, 0.3) is 5.91 Å². The normalized spacial score (nSPS) is 21.0. The highest BCUT2D eigenvalue weighted by Crippen LogP contribution is 2.41. The van der Waals surface area contributed by atoms with Crippen molar-refractivity contribution in [1.29, 1.82) is 0 Å². The van der Waals surface area contributed by atoms with E-state index in [4.69, 9.17) is 19.4 Å². The molecule has 1 atom stereocenters. The van der Waals surface area contributed by atoms with Crippen LogP contribution >= 0.6 is 0 Å². The van der Waals surface area contributed by atoms with Gasteiger partial charge in [-0.3, -0.25) is 14.6 Å². The maximum Gasteiger partial charge on any atom is 0.490 e. The standard InChI is InChI=1S/C31H49N3O4.C2HF3O2/c1-7-8-12-26-31(38-29(36)34(26)21-22-37-30(4,5)6)15-19-32(20-16-31)25-13-17-33(18-14-25)28(35)27-23(2)10-9-11-24(27)3;3-2(4,5)1(6)7/h9-11,25-26H,7-8,12-22H2,1-6H3;(H,6,7). The highest BCUT2D eigenvalue weighted by atomic mass is 19.4. The number of likely N-dealkylation sites (tertiary alicyclic amines) is 2. The van der Waals surface area contributed by atoms with Crippen molar-refractivity contribution in [3.8, 4) is 0 Å². The summed E-state index contributed by atoms with van der Waals surface area (Å²) in [7, 11) is 0. The van der Waals surface area contributed by atoms with Gasteiger partial charge in [0.05, 0.1) is 18.2 Å². The molecule has 2 amide bonds. The molecule has 45 heavy (non-hydrogen) atoms. The number of rotatable bonds is 8. The zero-order chi connectivity index (χ0) is 33.6. The van der Waals surface area contributed by atoms with Crippen molar-refractivity contribution in [2.24, 2.45) is 0 Å². The zero-order valence-corrected chi connectivity index (χ0v) is 27.5. The van der Waals surface area contributed by atoms with E-state index in [1.165, 1.54) is 0 Å². The summed E-state index contributed by atoms with van der Waals surface area (Å²) in [5, 5.41) is 7.12. The number of aliphatic carboxylic acids is 1. The average molecular weight is 642 g/mol. The number of carbonyl (C=O) groups excluding carboxylic acids is 2. The van der Waals surface area contributed by atoms with Crippen LogP contribution in [0.3, 0.4) is 0 Å². The van der Waals surface area contributed by atoms with Gasteiger partial charge in [-0.2, -0.15) is 13.2 Å². The molecule has 3 saturated heterocycles. The van der Waals surface area contributed by atoms with E-state index in [2.05, 4.69) is 11.8 Å². The quantitative estimate of drug-likeness (QED) is 0.361. The van der Waals surface area contributed by atoms with Gasteiger partial charge in [0.15, 0.2) is 0 Å². The number of amides is 2. The van der Waals surface area contributed by atoms with Crippen molar-refractivity contribution < 1.29 is 42.1 Å². The van der Waals surface area contributed by atoms with Crippen LogP contribution < -0.4 is 0 Å². The number of unbranched alkanes of at least 4 members (excludes halogenated alkanes) is 1. The summed E-state index contributed by atoms with van der Waals surface area (Å²) < 4.78 is 43.9. The lowest BCUT2D eigenvalue weighted by molar-refractivity contribution is -0.192. The number of carbonyl (C=O) groups is 3. The van der Waals surface area contributed by atoms with Crippen molar-refractivity contribution in [1.82, 2.24) is 14.7 Å². The first kappa shape index (κ1) is 36.6. The highest BCUT2D eigenvalue weighted by Gasteiger charge is 2.54. The maximum absolute atomic E-state index is 13.3. The summed E-state index contributed by atoms with van der Waals surface area (Å²) >= 11 is 0. The van der Waals surface area contributed by atoms with Crippen LogP contribution in [0.1, 0.15) is 94.1 Å².